The Hall–Kier alpha value is -3.93. The number of hydrogen-bond acceptors (Lipinski definition) is 4. The van der Waals surface area contributed by atoms with E-state index in [2.05, 4.69) is 10.3 Å². The Bertz CT molecular complexity index is 1180. The highest BCUT2D eigenvalue weighted by Gasteiger charge is 2.35. The summed E-state index contributed by atoms with van der Waals surface area (Å²) in [6, 6.07) is 20.4. The second kappa shape index (κ2) is 8.44. The van der Waals surface area contributed by atoms with Gasteiger partial charge in [-0.05, 0) is 61.4 Å². The van der Waals surface area contributed by atoms with E-state index in [1.807, 2.05) is 56.3 Å². The van der Waals surface area contributed by atoms with Crippen LogP contribution in [0.15, 0.2) is 71.7 Å². The summed E-state index contributed by atoms with van der Waals surface area (Å²) in [4.78, 5) is 32.1. The fraction of sp³-hybridized carbons (Fsp3) is 0.160. The zero-order chi connectivity index (χ0) is 22.0. The average Bonchev–Trinajstić information content (AvgIpc) is 3.02. The molecule has 6 heteroatoms. The lowest BCUT2D eigenvalue weighted by Gasteiger charge is -2.16. The number of amides is 2. The predicted octanol–water partition coefficient (Wildman–Crippen LogP) is 4.42. The van der Waals surface area contributed by atoms with Crippen molar-refractivity contribution in [1.82, 2.24) is 0 Å². The van der Waals surface area contributed by atoms with Crippen molar-refractivity contribution in [3.63, 3.8) is 0 Å². The molecule has 2 amide bonds. The number of carbonyl (C=O) groups is 2. The lowest BCUT2D eigenvalue weighted by Crippen LogP contribution is -2.37. The van der Waals surface area contributed by atoms with E-state index in [0.29, 0.717) is 22.8 Å². The van der Waals surface area contributed by atoms with Crippen LogP contribution in [0.1, 0.15) is 16.7 Å². The minimum absolute atomic E-state index is 0.103. The van der Waals surface area contributed by atoms with Crippen molar-refractivity contribution in [2.75, 3.05) is 23.9 Å². The molecule has 0 fully saturated rings. The highest BCUT2D eigenvalue weighted by atomic mass is 16.5. The van der Waals surface area contributed by atoms with Gasteiger partial charge in [0.15, 0.2) is 0 Å². The maximum atomic E-state index is 13.2. The summed E-state index contributed by atoms with van der Waals surface area (Å²) < 4.78 is 5.13. The maximum Gasteiger partial charge on any atom is 0.278 e. The summed E-state index contributed by atoms with van der Waals surface area (Å²) in [5, 5.41) is 2.82. The van der Waals surface area contributed by atoms with Crippen LogP contribution in [-0.2, 0) is 9.59 Å². The van der Waals surface area contributed by atoms with E-state index in [1.54, 1.807) is 31.4 Å². The highest BCUT2D eigenvalue weighted by Crippen LogP contribution is 2.31. The van der Waals surface area contributed by atoms with Gasteiger partial charge >= 0.3 is 0 Å². The highest BCUT2D eigenvalue weighted by molar-refractivity contribution is 6.55. The molecule has 0 saturated carbocycles. The van der Waals surface area contributed by atoms with Gasteiger partial charge < -0.3 is 10.1 Å². The summed E-state index contributed by atoms with van der Waals surface area (Å²) in [5.74, 6) is 0.127. The van der Waals surface area contributed by atoms with E-state index in [0.717, 1.165) is 22.4 Å². The van der Waals surface area contributed by atoms with Crippen molar-refractivity contribution in [3.05, 3.63) is 83.4 Å². The lowest BCUT2D eigenvalue weighted by molar-refractivity contribution is -0.118. The number of nitrogens with zero attached hydrogens (tertiary/aromatic N) is 2. The number of aliphatic imine (C=N–C) groups is 1. The lowest BCUT2D eigenvalue weighted by atomic mass is 10.1. The summed E-state index contributed by atoms with van der Waals surface area (Å²) >= 11 is 0. The molecule has 1 N–H and O–H groups in total. The Labute approximate surface area is 181 Å². The van der Waals surface area contributed by atoms with Gasteiger partial charge in [0.1, 0.15) is 18.0 Å². The number of para-hydroxylation sites is 1. The second-order valence-electron chi connectivity index (χ2n) is 7.44. The van der Waals surface area contributed by atoms with Crippen LogP contribution in [-0.4, -0.2) is 31.2 Å². The predicted molar refractivity (Wildman–Crippen MR) is 123 cm³/mol. The van der Waals surface area contributed by atoms with Crippen molar-refractivity contribution in [2.45, 2.75) is 13.8 Å². The van der Waals surface area contributed by atoms with E-state index in [-0.39, 0.29) is 18.4 Å². The van der Waals surface area contributed by atoms with Crippen molar-refractivity contribution >= 4 is 34.6 Å². The molecule has 0 atom stereocenters. The molecule has 0 spiro atoms. The van der Waals surface area contributed by atoms with E-state index >= 15 is 0 Å². The number of ether oxygens (including phenoxy) is 1. The Balaban J connectivity index is 1.60. The maximum absolute atomic E-state index is 13.2. The number of fused-ring (bicyclic) bond motifs is 1. The molecule has 1 heterocycles. The van der Waals surface area contributed by atoms with E-state index in [9.17, 15) is 9.59 Å². The minimum Gasteiger partial charge on any atom is -0.497 e. The fourth-order valence-electron chi connectivity index (χ4n) is 3.51. The van der Waals surface area contributed by atoms with Gasteiger partial charge in [0.2, 0.25) is 5.91 Å². The third kappa shape index (κ3) is 4.19. The number of rotatable bonds is 5. The fourth-order valence-corrected chi connectivity index (χ4v) is 3.51. The van der Waals surface area contributed by atoms with Gasteiger partial charge in [-0.3, -0.25) is 14.5 Å². The van der Waals surface area contributed by atoms with E-state index < -0.39 is 0 Å². The molecule has 1 aliphatic heterocycles. The van der Waals surface area contributed by atoms with Gasteiger partial charge in [-0.2, -0.15) is 0 Å². The van der Waals surface area contributed by atoms with Crippen LogP contribution < -0.4 is 15.0 Å². The summed E-state index contributed by atoms with van der Waals surface area (Å²) in [6.07, 6.45) is 0. The third-order valence-electron chi connectivity index (χ3n) is 5.17. The van der Waals surface area contributed by atoms with Crippen molar-refractivity contribution in [2.24, 2.45) is 4.99 Å². The van der Waals surface area contributed by atoms with Crippen LogP contribution in [0.25, 0.3) is 0 Å². The van der Waals surface area contributed by atoms with Gasteiger partial charge in [-0.15, -0.1) is 0 Å². The first-order valence-corrected chi connectivity index (χ1v) is 9.97. The first kappa shape index (κ1) is 20.3. The van der Waals surface area contributed by atoms with Gasteiger partial charge in [0, 0.05) is 11.3 Å². The normalized spacial score (nSPS) is 14.0. The molecule has 0 radical (unpaired) electrons. The Morgan fingerprint density at radius 1 is 1.03 bits per heavy atom. The van der Waals surface area contributed by atoms with Gasteiger partial charge in [0.25, 0.3) is 5.91 Å². The van der Waals surface area contributed by atoms with Crippen LogP contribution in [0.3, 0.4) is 0 Å². The van der Waals surface area contributed by atoms with E-state index in [1.165, 1.54) is 4.90 Å². The molecule has 0 unspecified atom stereocenters. The molecular weight excluding hydrogens is 390 g/mol. The Morgan fingerprint density at radius 3 is 2.52 bits per heavy atom. The van der Waals surface area contributed by atoms with Crippen molar-refractivity contribution in [1.29, 1.82) is 0 Å². The molecular formula is C25H23N3O3. The number of carbonyl (C=O) groups excluding carboxylic acids is 2. The van der Waals surface area contributed by atoms with Crippen LogP contribution in [0, 0.1) is 13.8 Å². The number of hydrogen-bond donors (Lipinski definition) is 1. The second-order valence-corrected chi connectivity index (χ2v) is 7.44. The summed E-state index contributed by atoms with van der Waals surface area (Å²) in [5.41, 5.74) is 5.20. The van der Waals surface area contributed by atoms with Gasteiger partial charge in [-0.25, -0.2) is 4.99 Å². The van der Waals surface area contributed by atoms with E-state index in [4.69, 9.17) is 4.74 Å². The Morgan fingerprint density at radius 2 is 1.77 bits per heavy atom. The zero-order valence-corrected chi connectivity index (χ0v) is 17.7. The molecule has 6 nitrogen and oxygen atoms in total. The SMILES string of the molecule is COc1ccc(NC(=O)CN2C(=O)C(=Nc3cc(C)ccc3C)c3ccccc32)cc1. The van der Waals surface area contributed by atoms with Crippen LogP contribution in [0.4, 0.5) is 17.1 Å². The molecule has 156 valence electrons. The monoisotopic (exact) mass is 413 g/mol. The Kier molecular flexibility index (Phi) is 5.54. The van der Waals surface area contributed by atoms with Crippen molar-refractivity contribution in [3.8, 4) is 5.75 Å². The number of methoxy groups -OCH3 is 1. The molecule has 0 saturated heterocycles. The zero-order valence-electron chi connectivity index (χ0n) is 17.7. The molecule has 3 aromatic carbocycles. The topological polar surface area (TPSA) is 71.0 Å². The molecule has 0 bridgehead atoms. The molecule has 4 rings (SSSR count). The molecule has 1 aliphatic rings. The molecule has 0 aliphatic carbocycles. The third-order valence-corrected chi connectivity index (χ3v) is 5.17. The number of nitrogens with one attached hydrogen (secondary N) is 1. The number of aryl methyl sites for hydroxylation is 2. The average molecular weight is 413 g/mol. The largest absolute Gasteiger partial charge is 0.497 e. The summed E-state index contributed by atoms with van der Waals surface area (Å²) in [6.45, 7) is 3.85. The quantitative estimate of drug-likeness (QED) is 0.673. The number of anilines is 2. The van der Waals surface area contributed by atoms with Crippen molar-refractivity contribution < 1.29 is 14.3 Å². The minimum atomic E-state index is -0.290. The van der Waals surface area contributed by atoms with Gasteiger partial charge in [0.05, 0.1) is 18.5 Å². The first-order valence-electron chi connectivity index (χ1n) is 9.97. The first-order chi connectivity index (χ1) is 15.0. The molecule has 0 aromatic heterocycles. The van der Waals surface area contributed by atoms with Crippen LogP contribution in [0.5, 0.6) is 5.75 Å². The molecule has 3 aromatic rings. The smallest absolute Gasteiger partial charge is 0.278 e. The summed E-state index contributed by atoms with van der Waals surface area (Å²) in [7, 11) is 1.58. The number of benzene rings is 3. The standard InChI is InChI=1S/C25H23N3O3/c1-16-8-9-17(2)21(14-16)27-24-20-6-4-5-7-22(20)28(25(24)30)15-23(29)26-18-10-12-19(31-3)13-11-18/h4-14H,15H2,1-3H3,(H,26,29). The van der Waals surface area contributed by atoms with Gasteiger partial charge in [-0.1, -0.05) is 30.3 Å². The van der Waals surface area contributed by atoms with Crippen LogP contribution >= 0.6 is 0 Å². The molecule has 31 heavy (non-hydrogen) atoms. The van der Waals surface area contributed by atoms with Crippen LogP contribution in [0.2, 0.25) is 0 Å².